The number of ether oxygens (including phenoxy) is 2. The van der Waals surface area contributed by atoms with Crippen molar-refractivity contribution < 1.29 is 14.3 Å². The molecule has 0 aliphatic carbocycles. The fourth-order valence-electron chi connectivity index (χ4n) is 4.06. The van der Waals surface area contributed by atoms with Gasteiger partial charge in [0.05, 0.1) is 14.2 Å². The third-order valence-corrected chi connectivity index (χ3v) is 6.28. The van der Waals surface area contributed by atoms with Crippen molar-refractivity contribution in [2.24, 2.45) is 11.0 Å². The summed E-state index contributed by atoms with van der Waals surface area (Å²) in [6.45, 7) is 6.94. The molecule has 1 aliphatic rings. The van der Waals surface area contributed by atoms with Crippen LogP contribution in [0.15, 0.2) is 59.0 Å². The average molecular weight is 497 g/mol. The highest BCUT2D eigenvalue weighted by molar-refractivity contribution is 6.08. The molecule has 7 heteroatoms. The molecule has 198 valence electrons. The first-order chi connectivity index (χ1) is 17.3. The molecule has 1 atom stereocenters. The van der Waals surface area contributed by atoms with Gasteiger partial charge < -0.3 is 19.7 Å². The molecule has 0 saturated carbocycles. The van der Waals surface area contributed by atoms with E-state index in [1.54, 1.807) is 14.2 Å². The Balaban J connectivity index is 2.11. The number of carbonyl (C=O) groups excluding carboxylic acids is 1. The third kappa shape index (κ3) is 8.77. The Morgan fingerprint density at radius 1 is 1.14 bits per heavy atom. The summed E-state index contributed by atoms with van der Waals surface area (Å²) in [5.74, 6) is 2.24. The van der Waals surface area contributed by atoms with E-state index in [4.69, 9.17) is 14.6 Å². The molecule has 1 aromatic carbocycles. The molecule has 1 heterocycles. The summed E-state index contributed by atoms with van der Waals surface area (Å²) >= 11 is 0. The average Bonchev–Trinajstić information content (AvgIpc) is 2.85. The van der Waals surface area contributed by atoms with E-state index in [2.05, 4.69) is 36.5 Å². The quantitative estimate of drug-likeness (QED) is 0.209. The molecular formula is C29H44N4O3. The van der Waals surface area contributed by atoms with Gasteiger partial charge in [-0.15, -0.1) is 0 Å². The number of nitrogens with zero attached hydrogens (tertiary/aromatic N) is 3. The van der Waals surface area contributed by atoms with Gasteiger partial charge in [-0.25, -0.2) is 0 Å². The van der Waals surface area contributed by atoms with Gasteiger partial charge in [0.15, 0.2) is 11.5 Å². The van der Waals surface area contributed by atoms with Crippen LogP contribution in [0, 0.1) is 5.92 Å². The molecule has 1 amide bonds. The number of carbonyl (C=O) groups is 1. The molecule has 1 unspecified atom stereocenters. The Hall–Kier alpha value is -3.22. The van der Waals surface area contributed by atoms with E-state index in [0.717, 1.165) is 36.9 Å². The molecule has 2 rings (SSSR count). The van der Waals surface area contributed by atoms with Crippen LogP contribution in [0.3, 0.4) is 0 Å². The number of nitrogens with one attached hydrogen (secondary N) is 1. The third-order valence-electron chi connectivity index (χ3n) is 6.28. The number of amidine groups is 1. The van der Waals surface area contributed by atoms with Crippen LogP contribution in [0.4, 0.5) is 0 Å². The molecule has 0 aromatic heterocycles. The lowest BCUT2D eigenvalue weighted by Gasteiger charge is -2.32. The smallest absolute Gasteiger partial charge is 0.276 e. The van der Waals surface area contributed by atoms with E-state index in [0.29, 0.717) is 41.9 Å². The summed E-state index contributed by atoms with van der Waals surface area (Å²) in [7, 11) is 7.13. The molecule has 1 N–H and O–H groups in total. The highest BCUT2D eigenvalue weighted by Gasteiger charge is 2.28. The maximum atomic E-state index is 13.2. The van der Waals surface area contributed by atoms with Crippen molar-refractivity contribution in [1.82, 2.24) is 15.2 Å². The summed E-state index contributed by atoms with van der Waals surface area (Å²) in [5, 5.41) is 9.78. The molecular weight excluding hydrogens is 452 g/mol. The first-order valence-corrected chi connectivity index (χ1v) is 12.8. The topological polar surface area (TPSA) is 66.4 Å². The first-order valence-electron chi connectivity index (χ1n) is 12.8. The highest BCUT2D eigenvalue weighted by atomic mass is 16.5. The summed E-state index contributed by atoms with van der Waals surface area (Å²) in [4.78, 5) is 15.1. The molecule has 0 spiro atoms. The standard InChI is InChI=1S/C29H44N4O3/c1-8-9-10-11-12-13-14-15-16-22(2)21-33-28(23(3)32(4)5)29(34)30-27(31-33)20-24-17-18-25(35-6)26(19-24)36-7/h8-9,11-12,17-19,22H,10,13-16,20-21H2,1-7H3,(H,30,31,34)/b9-8-,12-11-,28-23-. The maximum absolute atomic E-state index is 13.2. The van der Waals surface area contributed by atoms with Crippen molar-refractivity contribution in [3.05, 3.63) is 59.5 Å². The zero-order valence-electron chi connectivity index (χ0n) is 23.1. The van der Waals surface area contributed by atoms with Gasteiger partial charge in [-0.1, -0.05) is 43.7 Å². The largest absolute Gasteiger partial charge is 0.493 e. The molecule has 36 heavy (non-hydrogen) atoms. The van der Waals surface area contributed by atoms with E-state index in [1.165, 1.54) is 6.42 Å². The molecule has 1 aliphatic heterocycles. The summed E-state index contributed by atoms with van der Waals surface area (Å²) in [6, 6.07) is 5.76. The zero-order valence-corrected chi connectivity index (χ0v) is 23.1. The maximum Gasteiger partial charge on any atom is 0.276 e. The van der Waals surface area contributed by atoms with E-state index in [-0.39, 0.29) is 5.91 Å². The van der Waals surface area contributed by atoms with E-state index >= 15 is 0 Å². The van der Waals surface area contributed by atoms with Gasteiger partial charge in [0, 0.05) is 32.8 Å². The van der Waals surface area contributed by atoms with Gasteiger partial charge >= 0.3 is 0 Å². The van der Waals surface area contributed by atoms with E-state index in [9.17, 15) is 4.79 Å². The molecule has 0 bridgehead atoms. The van der Waals surface area contributed by atoms with Crippen molar-refractivity contribution in [2.45, 2.75) is 59.3 Å². The predicted octanol–water partition coefficient (Wildman–Crippen LogP) is 5.50. The van der Waals surface area contributed by atoms with Crippen LogP contribution >= 0.6 is 0 Å². The van der Waals surface area contributed by atoms with E-state index < -0.39 is 0 Å². The lowest BCUT2D eigenvalue weighted by Crippen LogP contribution is -2.46. The Labute approximate surface area is 217 Å². The Kier molecular flexibility index (Phi) is 12.1. The summed E-state index contributed by atoms with van der Waals surface area (Å²) in [6.07, 6.45) is 14.8. The van der Waals surface area contributed by atoms with Gasteiger partial charge in [-0.3, -0.25) is 9.80 Å². The second-order valence-electron chi connectivity index (χ2n) is 9.44. The molecule has 0 fully saturated rings. The molecule has 0 radical (unpaired) electrons. The van der Waals surface area contributed by atoms with Crippen molar-refractivity contribution in [1.29, 1.82) is 0 Å². The minimum Gasteiger partial charge on any atom is -0.493 e. The van der Waals surface area contributed by atoms with Crippen molar-refractivity contribution >= 4 is 11.7 Å². The minimum absolute atomic E-state index is 0.120. The number of methoxy groups -OCH3 is 2. The first kappa shape index (κ1) is 29.0. The summed E-state index contributed by atoms with van der Waals surface area (Å²) in [5.41, 5.74) is 2.48. The molecule has 0 saturated heterocycles. The number of unbranched alkanes of at least 4 members (excludes halogenated alkanes) is 2. The van der Waals surface area contributed by atoms with E-state index in [1.807, 2.05) is 56.1 Å². The number of benzene rings is 1. The fourth-order valence-corrected chi connectivity index (χ4v) is 4.06. The van der Waals surface area contributed by atoms with Crippen LogP contribution in [0.1, 0.15) is 58.4 Å². The SMILES string of the molecule is C/C=C\C/C=C\CCCCC(C)CN1N=C(Cc2ccc(OC)c(OC)c2)NC(=O)/C1=C(\C)N(C)C. The minimum atomic E-state index is -0.120. The number of rotatable bonds is 14. The molecule has 1 aromatic rings. The number of hydrazone groups is 1. The fraction of sp³-hybridized carbons (Fsp3) is 0.517. The lowest BCUT2D eigenvalue weighted by molar-refractivity contribution is -0.118. The monoisotopic (exact) mass is 496 g/mol. The van der Waals surface area contributed by atoms with Gasteiger partial charge in [0.25, 0.3) is 5.91 Å². The van der Waals surface area contributed by atoms with Crippen LogP contribution in [0.25, 0.3) is 0 Å². The highest BCUT2D eigenvalue weighted by Crippen LogP contribution is 2.28. The zero-order chi connectivity index (χ0) is 26.5. The van der Waals surface area contributed by atoms with Crippen molar-refractivity contribution in [3.8, 4) is 11.5 Å². The Morgan fingerprint density at radius 3 is 2.56 bits per heavy atom. The number of hydrogen-bond donors (Lipinski definition) is 1. The summed E-state index contributed by atoms with van der Waals surface area (Å²) < 4.78 is 10.8. The van der Waals surface area contributed by atoms with Gasteiger partial charge in [0.2, 0.25) is 0 Å². The van der Waals surface area contributed by atoms with Crippen molar-refractivity contribution in [3.63, 3.8) is 0 Å². The van der Waals surface area contributed by atoms with Crippen molar-refractivity contribution in [2.75, 3.05) is 34.9 Å². The lowest BCUT2D eigenvalue weighted by atomic mass is 10.0. The van der Waals surface area contributed by atoms with Gasteiger partial charge in [0.1, 0.15) is 11.5 Å². The second kappa shape index (κ2) is 15.0. The number of hydrogen-bond acceptors (Lipinski definition) is 6. The van der Waals surface area contributed by atoms with Crippen LogP contribution in [0.2, 0.25) is 0 Å². The van der Waals surface area contributed by atoms with Gasteiger partial charge in [-0.2, -0.15) is 5.10 Å². The van der Waals surface area contributed by atoms with Gasteiger partial charge in [-0.05, 0) is 63.1 Å². The number of allylic oxidation sites excluding steroid dienone is 5. The molecule has 7 nitrogen and oxygen atoms in total. The second-order valence-corrected chi connectivity index (χ2v) is 9.44. The Bertz CT molecular complexity index is 979. The van der Waals surface area contributed by atoms with Crippen LogP contribution in [-0.4, -0.2) is 56.5 Å². The van der Waals surface area contributed by atoms with Crippen LogP contribution in [0.5, 0.6) is 11.5 Å². The van der Waals surface area contributed by atoms with Crippen LogP contribution < -0.4 is 14.8 Å². The predicted molar refractivity (Wildman–Crippen MR) is 148 cm³/mol. The number of amides is 1. The Morgan fingerprint density at radius 2 is 1.89 bits per heavy atom. The normalized spacial score (nSPS) is 16.2. The van der Waals surface area contributed by atoms with Crippen LogP contribution in [-0.2, 0) is 11.2 Å².